The number of hydrogen-bond donors (Lipinski definition) is 0. The van der Waals surface area contributed by atoms with E-state index in [2.05, 4.69) is 4.98 Å². The largest absolute Gasteiger partial charge is 0.461 e. The Labute approximate surface area is 129 Å². The molecule has 0 radical (unpaired) electrons. The maximum atomic E-state index is 10.8. The molecule has 0 spiro atoms. The van der Waals surface area contributed by atoms with Crippen LogP contribution in [-0.2, 0) is 16.1 Å². The molecule has 0 unspecified atom stereocenters. The fourth-order valence-corrected chi connectivity index (χ4v) is 1.95. The molecule has 4 nitrogen and oxygen atoms in total. The van der Waals surface area contributed by atoms with E-state index in [0.717, 1.165) is 22.2 Å². The number of esters is 1. The number of carbonyl (C=O) groups is 1. The van der Waals surface area contributed by atoms with Gasteiger partial charge in [-0.25, -0.2) is 4.98 Å². The molecule has 0 saturated heterocycles. The standard InChI is InChI=1S/C16H13NO3.C2H6/c1-11(18)19-10-12-7-8-15-14(9-12)17-16(20-15)13-5-3-2-4-6-13;1-2/h2-9H,10H2,1H3;1-2H3. The first-order valence-corrected chi connectivity index (χ1v) is 7.30. The number of aromatic nitrogens is 1. The SMILES string of the molecule is CC.CC(=O)OCc1ccc2oc(-c3ccccc3)nc2c1. The van der Waals surface area contributed by atoms with Gasteiger partial charge in [-0.2, -0.15) is 0 Å². The molecule has 2 aromatic carbocycles. The molecular formula is C18H19NO3. The minimum Gasteiger partial charge on any atom is -0.461 e. The third-order valence-corrected chi connectivity index (χ3v) is 2.91. The molecule has 1 heterocycles. The first-order valence-electron chi connectivity index (χ1n) is 7.30. The summed E-state index contributed by atoms with van der Waals surface area (Å²) in [5, 5.41) is 0. The van der Waals surface area contributed by atoms with Crippen molar-refractivity contribution in [3.63, 3.8) is 0 Å². The summed E-state index contributed by atoms with van der Waals surface area (Å²) in [6, 6.07) is 15.3. The van der Waals surface area contributed by atoms with Crippen molar-refractivity contribution in [3.8, 4) is 11.5 Å². The van der Waals surface area contributed by atoms with E-state index in [1.54, 1.807) is 0 Å². The van der Waals surface area contributed by atoms with Crippen LogP contribution in [0.25, 0.3) is 22.6 Å². The first kappa shape index (κ1) is 15.8. The lowest BCUT2D eigenvalue weighted by atomic mass is 10.2. The lowest BCUT2D eigenvalue weighted by Crippen LogP contribution is -1.98. The summed E-state index contributed by atoms with van der Waals surface area (Å²) in [7, 11) is 0. The van der Waals surface area contributed by atoms with Crippen molar-refractivity contribution in [2.75, 3.05) is 0 Å². The Morgan fingerprint density at radius 3 is 2.55 bits per heavy atom. The van der Waals surface area contributed by atoms with Crippen LogP contribution in [0.4, 0.5) is 0 Å². The quantitative estimate of drug-likeness (QED) is 0.664. The van der Waals surface area contributed by atoms with E-state index in [9.17, 15) is 4.79 Å². The zero-order chi connectivity index (χ0) is 15.9. The Morgan fingerprint density at radius 2 is 1.86 bits per heavy atom. The van der Waals surface area contributed by atoms with Gasteiger partial charge < -0.3 is 9.15 Å². The number of benzene rings is 2. The van der Waals surface area contributed by atoms with Gasteiger partial charge in [-0.3, -0.25) is 4.79 Å². The van der Waals surface area contributed by atoms with Crippen LogP contribution in [0.1, 0.15) is 26.3 Å². The second-order valence-electron chi connectivity index (χ2n) is 4.47. The van der Waals surface area contributed by atoms with Crippen LogP contribution < -0.4 is 0 Å². The van der Waals surface area contributed by atoms with Gasteiger partial charge in [0, 0.05) is 12.5 Å². The third kappa shape index (κ3) is 3.73. The van der Waals surface area contributed by atoms with Crippen molar-refractivity contribution in [2.24, 2.45) is 0 Å². The van der Waals surface area contributed by atoms with Crippen LogP contribution in [-0.4, -0.2) is 11.0 Å². The van der Waals surface area contributed by atoms with E-state index in [0.29, 0.717) is 5.89 Å². The number of fused-ring (bicyclic) bond motifs is 1. The molecular weight excluding hydrogens is 278 g/mol. The molecule has 22 heavy (non-hydrogen) atoms. The third-order valence-electron chi connectivity index (χ3n) is 2.91. The molecule has 1 aromatic heterocycles. The van der Waals surface area contributed by atoms with Crippen molar-refractivity contribution in [1.29, 1.82) is 0 Å². The van der Waals surface area contributed by atoms with E-state index >= 15 is 0 Å². The van der Waals surface area contributed by atoms with Crippen LogP contribution in [0.2, 0.25) is 0 Å². The van der Waals surface area contributed by atoms with Crippen molar-refractivity contribution >= 4 is 17.1 Å². The maximum absolute atomic E-state index is 10.8. The molecule has 0 bridgehead atoms. The molecule has 0 aliphatic heterocycles. The van der Waals surface area contributed by atoms with Crippen LogP contribution in [0.15, 0.2) is 52.9 Å². The Kier molecular flexibility index (Phi) is 5.31. The highest BCUT2D eigenvalue weighted by Crippen LogP contribution is 2.24. The molecule has 0 fully saturated rings. The molecule has 0 atom stereocenters. The number of nitrogens with zero attached hydrogens (tertiary/aromatic N) is 1. The van der Waals surface area contributed by atoms with Gasteiger partial charge in [0.2, 0.25) is 5.89 Å². The normalized spacial score (nSPS) is 9.95. The topological polar surface area (TPSA) is 52.3 Å². The zero-order valence-electron chi connectivity index (χ0n) is 13.0. The van der Waals surface area contributed by atoms with E-state index < -0.39 is 0 Å². The Bertz CT molecular complexity index is 747. The van der Waals surface area contributed by atoms with Crippen molar-refractivity contribution in [3.05, 3.63) is 54.1 Å². The molecule has 3 aromatic rings. The van der Waals surface area contributed by atoms with Gasteiger partial charge in [0.15, 0.2) is 5.58 Å². The van der Waals surface area contributed by atoms with E-state index in [1.165, 1.54) is 6.92 Å². The Hall–Kier alpha value is -2.62. The molecule has 0 N–H and O–H groups in total. The average Bonchev–Trinajstić information content (AvgIpc) is 2.99. The van der Waals surface area contributed by atoms with Gasteiger partial charge >= 0.3 is 5.97 Å². The van der Waals surface area contributed by atoms with Crippen LogP contribution in [0.3, 0.4) is 0 Å². The highest BCUT2D eigenvalue weighted by molar-refractivity contribution is 5.77. The van der Waals surface area contributed by atoms with Crippen LogP contribution in [0, 0.1) is 0 Å². The number of oxazole rings is 1. The molecule has 0 aliphatic rings. The van der Waals surface area contributed by atoms with Crippen LogP contribution >= 0.6 is 0 Å². The molecule has 114 valence electrons. The van der Waals surface area contributed by atoms with Crippen molar-refractivity contribution < 1.29 is 13.9 Å². The van der Waals surface area contributed by atoms with Crippen molar-refractivity contribution in [2.45, 2.75) is 27.4 Å². The number of rotatable bonds is 3. The Balaban J connectivity index is 0.000000847. The Morgan fingerprint density at radius 1 is 1.14 bits per heavy atom. The van der Waals surface area contributed by atoms with Gasteiger partial charge in [-0.05, 0) is 29.8 Å². The molecule has 0 aliphatic carbocycles. The summed E-state index contributed by atoms with van der Waals surface area (Å²) in [6.45, 7) is 5.64. The lowest BCUT2D eigenvalue weighted by molar-refractivity contribution is -0.142. The van der Waals surface area contributed by atoms with Gasteiger partial charge in [0.05, 0.1) is 0 Å². The number of carbonyl (C=O) groups excluding carboxylic acids is 1. The summed E-state index contributed by atoms with van der Waals surface area (Å²) >= 11 is 0. The van der Waals surface area contributed by atoms with Gasteiger partial charge in [0.1, 0.15) is 12.1 Å². The van der Waals surface area contributed by atoms with Gasteiger partial charge in [-0.1, -0.05) is 38.1 Å². The molecule has 3 rings (SSSR count). The average molecular weight is 297 g/mol. The van der Waals surface area contributed by atoms with Crippen molar-refractivity contribution in [1.82, 2.24) is 4.98 Å². The van der Waals surface area contributed by atoms with E-state index in [4.69, 9.17) is 9.15 Å². The predicted molar refractivity (Wildman–Crippen MR) is 86.3 cm³/mol. The summed E-state index contributed by atoms with van der Waals surface area (Å²) in [6.07, 6.45) is 0. The monoisotopic (exact) mass is 297 g/mol. The number of ether oxygens (including phenoxy) is 1. The lowest BCUT2D eigenvalue weighted by Gasteiger charge is -2.00. The highest BCUT2D eigenvalue weighted by Gasteiger charge is 2.08. The summed E-state index contributed by atoms with van der Waals surface area (Å²) in [5.41, 5.74) is 3.30. The maximum Gasteiger partial charge on any atom is 0.302 e. The minimum absolute atomic E-state index is 0.249. The second-order valence-corrected chi connectivity index (χ2v) is 4.47. The second kappa shape index (κ2) is 7.41. The van der Waals surface area contributed by atoms with Crippen LogP contribution in [0.5, 0.6) is 0 Å². The van der Waals surface area contributed by atoms with Gasteiger partial charge in [-0.15, -0.1) is 0 Å². The summed E-state index contributed by atoms with van der Waals surface area (Å²) < 4.78 is 10.7. The van der Waals surface area contributed by atoms with Gasteiger partial charge in [0.25, 0.3) is 0 Å². The first-order chi connectivity index (χ1) is 10.7. The fourth-order valence-electron chi connectivity index (χ4n) is 1.95. The fraction of sp³-hybridized carbons (Fsp3) is 0.222. The number of hydrogen-bond acceptors (Lipinski definition) is 4. The van der Waals surface area contributed by atoms with E-state index in [-0.39, 0.29) is 12.6 Å². The highest BCUT2D eigenvalue weighted by atomic mass is 16.5. The molecule has 0 saturated carbocycles. The molecule has 4 heteroatoms. The van der Waals surface area contributed by atoms with E-state index in [1.807, 2.05) is 62.4 Å². The predicted octanol–water partition coefficient (Wildman–Crippen LogP) is 4.58. The zero-order valence-corrected chi connectivity index (χ0v) is 13.0. The minimum atomic E-state index is -0.296. The summed E-state index contributed by atoms with van der Waals surface area (Å²) in [4.78, 5) is 15.3. The smallest absolute Gasteiger partial charge is 0.302 e. The molecule has 0 amide bonds. The summed E-state index contributed by atoms with van der Waals surface area (Å²) in [5.74, 6) is 0.292.